The topological polar surface area (TPSA) is 78.9 Å². The molecule has 0 spiro atoms. The summed E-state index contributed by atoms with van der Waals surface area (Å²) in [6, 6.07) is 0. The van der Waals surface area contributed by atoms with Crippen molar-refractivity contribution in [2.24, 2.45) is 11.8 Å². The van der Waals surface area contributed by atoms with Crippen molar-refractivity contribution in [2.45, 2.75) is 91.6 Å². The number of ether oxygens (including phenoxy) is 3. The molecule has 2 rings (SSSR count). The van der Waals surface area contributed by atoms with Crippen LogP contribution in [0.2, 0.25) is 0 Å². The van der Waals surface area contributed by atoms with E-state index in [2.05, 4.69) is 13.0 Å². The Labute approximate surface area is 197 Å². The van der Waals surface area contributed by atoms with Gasteiger partial charge in [-0.15, -0.1) is 0 Å². The zero-order chi connectivity index (χ0) is 24.5. The zero-order valence-electron chi connectivity index (χ0n) is 20.7. The van der Waals surface area contributed by atoms with Crippen LogP contribution < -0.4 is 0 Å². The van der Waals surface area contributed by atoms with E-state index >= 15 is 0 Å². The van der Waals surface area contributed by atoms with Crippen LogP contribution >= 0.6 is 0 Å². The number of hydrogen-bond acceptors (Lipinski definition) is 6. The van der Waals surface area contributed by atoms with Crippen LogP contribution in [0.5, 0.6) is 0 Å². The maximum atomic E-state index is 12.4. The molecule has 0 N–H and O–H groups in total. The second-order valence-corrected chi connectivity index (χ2v) is 9.41. The van der Waals surface area contributed by atoms with Crippen molar-refractivity contribution < 1.29 is 28.6 Å². The van der Waals surface area contributed by atoms with Crippen LogP contribution in [0.25, 0.3) is 0 Å². The minimum absolute atomic E-state index is 0.00453. The quantitative estimate of drug-likeness (QED) is 0.274. The van der Waals surface area contributed by atoms with Crippen molar-refractivity contribution in [1.82, 2.24) is 0 Å². The van der Waals surface area contributed by atoms with E-state index in [0.717, 1.165) is 30.4 Å². The highest BCUT2D eigenvalue weighted by atomic mass is 16.5. The largest absolute Gasteiger partial charge is 0.459 e. The van der Waals surface area contributed by atoms with Gasteiger partial charge in [0.15, 0.2) is 5.78 Å². The molecule has 0 bridgehead atoms. The lowest BCUT2D eigenvalue weighted by molar-refractivity contribution is -0.144. The molecule has 1 saturated heterocycles. The molecule has 2 aliphatic heterocycles. The third-order valence-corrected chi connectivity index (χ3v) is 6.13. The molecule has 0 aromatic carbocycles. The van der Waals surface area contributed by atoms with E-state index in [9.17, 15) is 14.4 Å². The monoisotopic (exact) mass is 458 g/mol. The van der Waals surface area contributed by atoms with Crippen molar-refractivity contribution in [3.05, 3.63) is 47.6 Å². The molecule has 182 valence electrons. The Morgan fingerprint density at radius 2 is 1.97 bits per heavy atom. The Kier molecular flexibility index (Phi) is 10.3. The second kappa shape index (κ2) is 12.7. The summed E-state index contributed by atoms with van der Waals surface area (Å²) in [5, 5.41) is 0. The molecule has 6 atom stereocenters. The van der Waals surface area contributed by atoms with Gasteiger partial charge in [0, 0.05) is 25.8 Å². The van der Waals surface area contributed by atoms with Crippen LogP contribution in [0.1, 0.15) is 67.2 Å². The number of carbonyl (C=O) groups is 3. The van der Waals surface area contributed by atoms with Gasteiger partial charge in [0.1, 0.15) is 12.2 Å². The summed E-state index contributed by atoms with van der Waals surface area (Å²) in [5.41, 5.74) is 2.13. The molecule has 0 radical (unpaired) electrons. The Morgan fingerprint density at radius 3 is 2.64 bits per heavy atom. The fourth-order valence-corrected chi connectivity index (χ4v) is 4.29. The summed E-state index contributed by atoms with van der Waals surface area (Å²) in [5.74, 6) is -0.119. The number of allylic oxidation sites excluding steroid dienone is 3. The van der Waals surface area contributed by atoms with E-state index < -0.39 is 6.10 Å². The zero-order valence-corrected chi connectivity index (χ0v) is 20.7. The first-order chi connectivity index (χ1) is 15.5. The minimum atomic E-state index is -0.412. The Bertz CT molecular complexity index is 834. The first-order valence-electron chi connectivity index (χ1n) is 11.8. The molecule has 6 nitrogen and oxygen atoms in total. The van der Waals surface area contributed by atoms with E-state index in [1.165, 1.54) is 19.1 Å². The highest BCUT2D eigenvalue weighted by Crippen LogP contribution is 2.33. The fourth-order valence-electron chi connectivity index (χ4n) is 4.29. The van der Waals surface area contributed by atoms with Gasteiger partial charge in [0.25, 0.3) is 0 Å². The summed E-state index contributed by atoms with van der Waals surface area (Å²) < 4.78 is 16.6. The summed E-state index contributed by atoms with van der Waals surface area (Å²) >= 11 is 0. The van der Waals surface area contributed by atoms with Gasteiger partial charge in [-0.05, 0) is 70.6 Å². The van der Waals surface area contributed by atoms with Crippen LogP contribution in [-0.4, -0.2) is 42.1 Å². The molecule has 0 aromatic rings. The molecule has 33 heavy (non-hydrogen) atoms. The maximum absolute atomic E-state index is 12.4. The number of carbonyl (C=O) groups excluding carboxylic acids is 3. The summed E-state index contributed by atoms with van der Waals surface area (Å²) in [6.07, 6.45) is 13.1. The predicted octanol–water partition coefficient (Wildman–Crippen LogP) is 5.04. The van der Waals surface area contributed by atoms with Gasteiger partial charge in [0.05, 0.1) is 12.2 Å². The molecular formula is C27H38O6. The number of hydrogen-bond donors (Lipinski definition) is 0. The summed E-state index contributed by atoms with van der Waals surface area (Å²) in [7, 11) is 0. The lowest BCUT2D eigenvalue weighted by Crippen LogP contribution is -2.39. The van der Waals surface area contributed by atoms with E-state index in [-0.39, 0.29) is 42.0 Å². The van der Waals surface area contributed by atoms with Crippen LogP contribution in [0.3, 0.4) is 0 Å². The molecule has 2 heterocycles. The Balaban J connectivity index is 1.83. The van der Waals surface area contributed by atoms with Crippen LogP contribution in [0.4, 0.5) is 0 Å². The van der Waals surface area contributed by atoms with Gasteiger partial charge in [-0.25, -0.2) is 4.79 Å². The van der Waals surface area contributed by atoms with Crippen LogP contribution in [0.15, 0.2) is 47.6 Å². The molecule has 6 heteroatoms. The van der Waals surface area contributed by atoms with Crippen LogP contribution in [-0.2, 0) is 28.6 Å². The predicted molar refractivity (Wildman–Crippen MR) is 127 cm³/mol. The third-order valence-electron chi connectivity index (χ3n) is 6.13. The van der Waals surface area contributed by atoms with Gasteiger partial charge in [-0.1, -0.05) is 30.2 Å². The standard InChI is InChI=1S/C27H38O6/c1-17(7-11-25-13-18(2)14-27(30)33-25)8-12-26-19(3)15-23(21(5)32-26)16-24(29)10-9-20(4)31-22(6)28/h7-11,14,19-21,23,25-26H,12-13,15-16H2,1-6H3/b10-9-,11-7+,17-8+/t19-,20-,21+,23-,25?,26-/m0/s1. The van der Waals surface area contributed by atoms with Gasteiger partial charge >= 0.3 is 11.9 Å². The molecule has 1 fully saturated rings. The van der Waals surface area contributed by atoms with Crippen LogP contribution in [0, 0.1) is 11.8 Å². The molecule has 0 amide bonds. The van der Waals surface area contributed by atoms with E-state index in [1.807, 2.05) is 32.9 Å². The number of esters is 2. The first kappa shape index (κ1) is 26.8. The lowest BCUT2D eigenvalue weighted by Gasteiger charge is -2.38. The molecule has 0 aromatic heterocycles. The van der Waals surface area contributed by atoms with Crippen molar-refractivity contribution in [2.75, 3.05) is 0 Å². The van der Waals surface area contributed by atoms with E-state index in [4.69, 9.17) is 14.2 Å². The first-order valence-corrected chi connectivity index (χ1v) is 11.8. The maximum Gasteiger partial charge on any atom is 0.331 e. The van der Waals surface area contributed by atoms with E-state index in [0.29, 0.717) is 12.3 Å². The summed E-state index contributed by atoms with van der Waals surface area (Å²) in [4.78, 5) is 34.8. The minimum Gasteiger partial charge on any atom is -0.459 e. The van der Waals surface area contributed by atoms with Gasteiger partial charge in [0.2, 0.25) is 0 Å². The highest BCUT2D eigenvalue weighted by molar-refractivity contribution is 5.90. The highest BCUT2D eigenvalue weighted by Gasteiger charge is 2.33. The number of ketones is 1. The Morgan fingerprint density at radius 1 is 1.24 bits per heavy atom. The third kappa shape index (κ3) is 9.50. The lowest BCUT2D eigenvalue weighted by atomic mass is 9.81. The molecule has 0 saturated carbocycles. The average molecular weight is 459 g/mol. The SMILES string of the molecule is CC(=O)O[C@@H](C)/C=C\C(=O)C[C@@H]1C[C@H](C)[C@H](C/C=C(C)/C=C/C2CC(C)=CC(=O)O2)O[C@@H]1C. The van der Waals surface area contributed by atoms with E-state index in [1.54, 1.807) is 13.0 Å². The molecular weight excluding hydrogens is 420 g/mol. The number of rotatable bonds is 9. The van der Waals surface area contributed by atoms with Gasteiger partial charge in [-0.3, -0.25) is 9.59 Å². The summed E-state index contributed by atoms with van der Waals surface area (Å²) in [6.45, 7) is 11.3. The Hall–Kier alpha value is -2.47. The van der Waals surface area contributed by atoms with Gasteiger partial charge in [-0.2, -0.15) is 0 Å². The fraction of sp³-hybridized carbons (Fsp3) is 0.593. The van der Waals surface area contributed by atoms with Gasteiger partial charge < -0.3 is 14.2 Å². The molecule has 0 aliphatic carbocycles. The van der Waals surface area contributed by atoms with Crippen molar-refractivity contribution in [3.63, 3.8) is 0 Å². The normalized spacial score (nSPS) is 29.6. The van der Waals surface area contributed by atoms with Crippen molar-refractivity contribution >= 4 is 17.7 Å². The second-order valence-electron chi connectivity index (χ2n) is 9.41. The molecule has 1 unspecified atom stereocenters. The molecule has 2 aliphatic rings. The number of cyclic esters (lactones) is 1. The smallest absolute Gasteiger partial charge is 0.331 e. The van der Waals surface area contributed by atoms with Crippen molar-refractivity contribution in [1.29, 1.82) is 0 Å². The van der Waals surface area contributed by atoms with Crippen molar-refractivity contribution in [3.8, 4) is 0 Å². The average Bonchev–Trinajstić information content (AvgIpc) is 2.71.